The highest BCUT2D eigenvalue weighted by Gasteiger charge is 2.39. The number of amides is 2. The summed E-state index contributed by atoms with van der Waals surface area (Å²) in [5.74, 6) is -0.370. The fraction of sp³-hybridized carbons (Fsp3) is 0.444. The highest BCUT2D eigenvalue weighted by Crippen LogP contribution is 2.42. The van der Waals surface area contributed by atoms with Crippen molar-refractivity contribution >= 4 is 12.0 Å². The summed E-state index contributed by atoms with van der Waals surface area (Å²) in [5.41, 5.74) is 5.07. The minimum Gasteiger partial charge on any atom is -0.465 e. The van der Waals surface area contributed by atoms with Crippen molar-refractivity contribution in [3.8, 4) is 0 Å². The van der Waals surface area contributed by atoms with Crippen molar-refractivity contribution in [2.45, 2.75) is 52.0 Å². The summed E-state index contributed by atoms with van der Waals surface area (Å²) < 4.78 is 18.1. The first-order chi connectivity index (χ1) is 22.4. The number of hydrogen-bond acceptors (Lipinski definition) is 8. The van der Waals surface area contributed by atoms with Crippen molar-refractivity contribution in [2.75, 3.05) is 45.9 Å². The van der Waals surface area contributed by atoms with E-state index in [4.69, 9.17) is 14.2 Å². The molecule has 0 spiro atoms. The van der Waals surface area contributed by atoms with Crippen LogP contribution in [0.3, 0.4) is 0 Å². The molecule has 0 saturated carbocycles. The normalized spacial score (nSPS) is 22.2. The summed E-state index contributed by atoms with van der Waals surface area (Å²) in [6.07, 6.45) is -0.787. The number of hydrogen-bond donors (Lipinski definition) is 3. The van der Waals surface area contributed by atoms with E-state index in [9.17, 15) is 14.7 Å². The van der Waals surface area contributed by atoms with Gasteiger partial charge in [-0.15, -0.1) is 0 Å². The van der Waals surface area contributed by atoms with Crippen LogP contribution in [0, 0.1) is 5.92 Å². The van der Waals surface area contributed by atoms with Gasteiger partial charge >= 0.3 is 12.0 Å². The van der Waals surface area contributed by atoms with E-state index in [0.717, 1.165) is 61.5 Å². The van der Waals surface area contributed by atoms with Crippen LogP contribution in [0.15, 0.2) is 78.9 Å². The molecule has 0 unspecified atom stereocenters. The zero-order chi connectivity index (χ0) is 32.3. The number of aliphatic hydroxyl groups excluding tert-OH is 1. The van der Waals surface area contributed by atoms with Crippen LogP contribution in [0.4, 0.5) is 4.79 Å². The number of nitrogens with zero attached hydrogens (tertiary/aromatic N) is 2. The van der Waals surface area contributed by atoms with Gasteiger partial charge in [0.2, 0.25) is 0 Å². The van der Waals surface area contributed by atoms with E-state index in [1.807, 2.05) is 48.5 Å². The van der Waals surface area contributed by atoms with Crippen LogP contribution >= 0.6 is 0 Å². The van der Waals surface area contributed by atoms with E-state index in [0.29, 0.717) is 6.54 Å². The third-order valence-electron chi connectivity index (χ3n) is 8.68. The lowest BCUT2D eigenvalue weighted by molar-refractivity contribution is -0.276. The molecule has 0 aliphatic carbocycles. The summed E-state index contributed by atoms with van der Waals surface area (Å²) in [6.45, 7) is 10.1. The third kappa shape index (κ3) is 9.37. The molecule has 5 rings (SSSR count). The Balaban J connectivity index is 1.22. The SMILES string of the molecule is CCOC(=O)CNC(=O)NCc1ccc([C@@H]2O[C@H](CN3CCN(Cc4ccccc4)CC3)[C@H](C)[C@H](c3ccc(CO)cc3)O2)cc1. The molecule has 0 radical (unpaired) electrons. The second-order valence-electron chi connectivity index (χ2n) is 12.0. The number of esters is 1. The minimum atomic E-state index is -0.557. The molecule has 2 amide bonds. The van der Waals surface area contributed by atoms with Gasteiger partial charge in [0, 0.05) is 57.3 Å². The van der Waals surface area contributed by atoms with Crippen molar-refractivity contribution in [1.29, 1.82) is 0 Å². The van der Waals surface area contributed by atoms with Crippen LogP contribution in [0.1, 0.15) is 54.1 Å². The van der Waals surface area contributed by atoms with Gasteiger partial charge in [-0.2, -0.15) is 0 Å². The number of urea groups is 1. The van der Waals surface area contributed by atoms with Crippen molar-refractivity contribution in [2.24, 2.45) is 5.92 Å². The molecule has 2 heterocycles. The molecule has 3 aromatic rings. The lowest BCUT2D eigenvalue weighted by atomic mass is 9.90. The number of aliphatic hydroxyl groups is 1. The number of rotatable bonds is 12. The monoisotopic (exact) mass is 630 g/mol. The molecule has 2 saturated heterocycles. The Morgan fingerprint density at radius 1 is 0.826 bits per heavy atom. The summed E-state index contributed by atoms with van der Waals surface area (Å²) in [7, 11) is 0. The van der Waals surface area contributed by atoms with Gasteiger partial charge in [-0.1, -0.05) is 85.8 Å². The van der Waals surface area contributed by atoms with E-state index in [-0.39, 0.29) is 37.9 Å². The van der Waals surface area contributed by atoms with Gasteiger partial charge in [-0.05, 0) is 29.2 Å². The predicted molar refractivity (Wildman–Crippen MR) is 174 cm³/mol. The van der Waals surface area contributed by atoms with Gasteiger partial charge in [0.1, 0.15) is 6.54 Å². The molecule has 246 valence electrons. The van der Waals surface area contributed by atoms with E-state index in [1.54, 1.807) is 6.92 Å². The molecule has 3 N–H and O–H groups in total. The van der Waals surface area contributed by atoms with Crippen molar-refractivity contribution < 1.29 is 28.9 Å². The third-order valence-corrected chi connectivity index (χ3v) is 8.68. The smallest absolute Gasteiger partial charge is 0.325 e. The van der Waals surface area contributed by atoms with Crippen molar-refractivity contribution in [3.05, 3.63) is 107 Å². The van der Waals surface area contributed by atoms with Crippen molar-refractivity contribution in [3.63, 3.8) is 0 Å². The molecule has 46 heavy (non-hydrogen) atoms. The van der Waals surface area contributed by atoms with Gasteiger partial charge in [0.05, 0.1) is 25.4 Å². The van der Waals surface area contributed by atoms with Gasteiger partial charge < -0.3 is 30.0 Å². The Hall–Kier alpha value is -3.80. The summed E-state index contributed by atoms with van der Waals surface area (Å²) in [4.78, 5) is 28.6. The minimum absolute atomic E-state index is 0.000229. The van der Waals surface area contributed by atoms with Crippen LogP contribution in [0.2, 0.25) is 0 Å². The van der Waals surface area contributed by atoms with Gasteiger partial charge in [0.15, 0.2) is 6.29 Å². The Morgan fingerprint density at radius 2 is 1.48 bits per heavy atom. The molecule has 2 aliphatic heterocycles. The highest BCUT2D eigenvalue weighted by atomic mass is 16.7. The number of benzene rings is 3. The quantitative estimate of drug-likeness (QED) is 0.256. The average molecular weight is 631 g/mol. The summed E-state index contributed by atoms with van der Waals surface area (Å²) in [6, 6.07) is 26.0. The second-order valence-corrected chi connectivity index (χ2v) is 12.0. The van der Waals surface area contributed by atoms with Gasteiger partial charge in [-0.25, -0.2) is 4.79 Å². The number of carbonyl (C=O) groups is 2. The maximum Gasteiger partial charge on any atom is 0.325 e. The zero-order valence-electron chi connectivity index (χ0n) is 26.8. The van der Waals surface area contributed by atoms with Crippen molar-refractivity contribution in [1.82, 2.24) is 20.4 Å². The van der Waals surface area contributed by atoms with E-state index in [2.05, 4.69) is 57.7 Å². The van der Waals surface area contributed by atoms with Crippen LogP contribution in [0.5, 0.6) is 0 Å². The Morgan fingerprint density at radius 3 is 2.15 bits per heavy atom. The topological polar surface area (TPSA) is 113 Å². The Labute approximate surface area is 271 Å². The molecule has 4 atom stereocenters. The molecule has 10 heteroatoms. The van der Waals surface area contributed by atoms with Crippen LogP contribution in [-0.2, 0) is 38.7 Å². The molecular formula is C36H46N4O6. The lowest BCUT2D eigenvalue weighted by Gasteiger charge is -2.44. The van der Waals surface area contributed by atoms with Crippen LogP contribution in [0.25, 0.3) is 0 Å². The zero-order valence-corrected chi connectivity index (χ0v) is 26.8. The van der Waals surface area contributed by atoms with E-state index in [1.165, 1.54) is 5.56 Å². The Kier molecular flexibility index (Phi) is 12.2. The largest absolute Gasteiger partial charge is 0.465 e. The first-order valence-electron chi connectivity index (χ1n) is 16.2. The van der Waals surface area contributed by atoms with Crippen LogP contribution < -0.4 is 10.6 Å². The average Bonchev–Trinajstić information content (AvgIpc) is 3.09. The first-order valence-corrected chi connectivity index (χ1v) is 16.2. The van der Waals surface area contributed by atoms with Crippen LogP contribution in [-0.4, -0.2) is 78.9 Å². The lowest BCUT2D eigenvalue weighted by Crippen LogP contribution is -2.51. The molecule has 2 aliphatic rings. The molecule has 0 aromatic heterocycles. The predicted octanol–water partition coefficient (Wildman–Crippen LogP) is 4.15. The summed E-state index contributed by atoms with van der Waals surface area (Å²) >= 11 is 0. The fourth-order valence-electron chi connectivity index (χ4n) is 5.96. The van der Waals surface area contributed by atoms with E-state index < -0.39 is 18.3 Å². The summed E-state index contributed by atoms with van der Waals surface area (Å²) in [5, 5.41) is 14.8. The molecule has 0 bridgehead atoms. The van der Waals surface area contributed by atoms with Gasteiger partial charge in [-0.3, -0.25) is 14.6 Å². The Bertz CT molecular complexity index is 1380. The first kappa shape index (κ1) is 33.6. The fourth-order valence-corrected chi connectivity index (χ4v) is 5.96. The molecule has 2 fully saturated rings. The molecule has 3 aromatic carbocycles. The standard InChI is InChI=1S/C36H46N4O6/c1-3-44-33(42)22-38-36(43)37-21-27-9-15-31(16-10-27)35-45-32(26(2)34(46-35)30-13-11-29(25-41)12-14-30)24-40-19-17-39(18-20-40)23-28-7-5-4-6-8-28/h4-16,26,32,34-35,41H,3,17-25H2,1-2H3,(H2,37,38,43)/t26-,32+,34+,35+/m0/s1. The number of piperazine rings is 1. The van der Waals surface area contributed by atoms with Gasteiger partial charge in [0.25, 0.3) is 0 Å². The highest BCUT2D eigenvalue weighted by molar-refractivity contribution is 5.80. The molecule has 10 nitrogen and oxygen atoms in total. The second kappa shape index (κ2) is 16.7. The van der Waals surface area contributed by atoms with E-state index >= 15 is 0 Å². The number of nitrogens with one attached hydrogen (secondary N) is 2. The maximum absolute atomic E-state index is 12.1. The maximum atomic E-state index is 12.1. The number of carbonyl (C=O) groups excluding carboxylic acids is 2. The molecular weight excluding hydrogens is 584 g/mol. The number of ether oxygens (including phenoxy) is 3.